The fraction of sp³-hybridized carbons (Fsp3) is 0.533. The van der Waals surface area contributed by atoms with Gasteiger partial charge in [-0.1, -0.05) is 5.16 Å². The van der Waals surface area contributed by atoms with Crippen LogP contribution >= 0.6 is 0 Å². The van der Waals surface area contributed by atoms with Gasteiger partial charge in [-0.3, -0.25) is 0 Å². The SMILES string of the molecule is COCc1noc(-c2ccc(N3CCC[C@H](OC)C3)nc2)n1. The van der Waals surface area contributed by atoms with Crippen molar-refractivity contribution in [2.24, 2.45) is 0 Å². The van der Waals surface area contributed by atoms with E-state index in [0.29, 0.717) is 18.3 Å². The summed E-state index contributed by atoms with van der Waals surface area (Å²) in [6.45, 7) is 2.22. The first kappa shape index (κ1) is 14.9. The number of pyridine rings is 1. The molecule has 1 aliphatic rings. The molecule has 0 amide bonds. The van der Waals surface area contributed by atoms with Gasteiger partial charge in [-0.05, 0) is 25.0 Å². The molecule has 0 radical (unpaired) electrons. The van der Waals surface area contributed by atoms with E-state index in [1.165, 1.54) is 0 Å². The lowest BCUT2D eigenvalue weighted by Crippen LogP contribution is -2.39. The molecule has 2 aromatic heterocycles. The zero-order valence-electron chi connectivity index (χ0n) is 12.9. The van der Waals surface area contributed by atoms with Crippen LogP contribution in [0, 0.1) is 0 Å². The van der Waals surface area contributed by atoms with Crippen molar-refractivity contribution in [1.82, 2.24) is 15.1 Å². The first-order valence-electron chi connectivity index (χ1n) is 7.36. The van der Waals surface area contributed by atoms with Gasteiger partial charge in [-0.15, -0.1) is 0 Å². The Morgan fingerprint density at radius 1 is 1.36 bits per heavy atom. The van der Waals surface area contributed by atoms with Crippen molar-refractivity contribution in [3.63, 3.8) is 0 Å². The molecule has 118 valence electrons. The average Bonchev–Trinajstić information content (AvgIpc) is 3.04. The van der Waals surface area contributed by atoms with Gasteiger partial charge in [0.2, 0.25) is 0 Å². The molecule has 7 nitrogen and oxygen atoms in total. The van der Waals surface area contributed by atoms with Gasteiger partial charge in [0.15, 0.2) is 5.82 Å². The van der Waals surface area contributed by atoms with Crippen LogP contribution in [0.25, 0.3) is 11.5 Å². The van der Waals surface area contributed by atoms with Crippen molar-refractivity contribution >= 4 is 5.82 Å². The predicted octanol–water partition coefficient (Wildman–Crippen LogP) is 1.89. The number of hydrogen-bond acceptors (Lipinski definition) is 7. The molecule has 22 heavy (non-hydrogen) atoms. The fourth-order valence-electron chi connectivity index (χ4n) is 2.60. The Labute approximate surface area is 129 Å². The number of methoxy groups -OCH3 is 2. The van der Waals surface area contributed by atoms with E-state index in [0.717, 1.165) is 37.3 Å². The van der Waals surface area contributed by atoms with E-state index in [1.54, 1.807) is 20.4 Å². The Morgan fingerprint density at radius 3 is 3.00 bits per heavy atom. The Hall–Kier alpha value is -1.99. The van der Waals surface area contributed by atoms with E-state index >= 15 is 0 Å². The zero-order valence-corrected chi connectivity index (χ0v) is 12.9. The van der Waals surface area contributed by atoms with Crippen molar-refractivity contribution in [3.05, 3.63) is 24.2 Å². The lowest BCUT2D eigenvalue weighted by Gasteiger charge is -2.32. The summed E-state index contributed by atoms with van der Waals surface area (Å²) in [5.74, 6) is 1.93. The standard InChI is InChI=1S/C15H20N4O3/c1-20-10-13-17-15(22-18-13)11-5-6-14(16-8-11)19-7-3-4-12(9-19)21-2/h5-6,8,12H,3-4,7,9-10H2,1-2H3/t12-/m0/s1. The summed E-state index contributed by atoms with van der Waals surface area (Å²) in [7, 11) is 3.36. The van der Waals surface area contributed by atoms with Gasteiger partial charge in [0, 0.05) is 33.5 Å². The zero-order chi connectivity index (χ0) is 15.4. The van der Waals surface area contributed by atoms with Gasteiger partial charge in [0.25, 0.3) is 5.89 Å². The number of ether oxygens (including phenoxy) is 2. The highest BCUT2D eigenvalue weighted by atomic mass is 16.5. The van der Waals surface area contributed by atoms with Crippen molar-refractivity contribution in [2.75, 3.05) is 32.2 Å². The Balaban J connectivity index is 1.71. The Kier molecular flexibility index (Phi) is 4.65. The lowest BCUT2D eigenvalue weighted by atomic mass is 10.1. The van der Waals surface area contributed by atoms with Crippen LogP contribution in [0.2, 0.25) is 0 Å². The van der Waals surface area contributed by atoms with E-state index in [2.05, 4.69) is 20.0 Å². The summed E-state index contributed by atoms with van der Waals surface area (Å²) >= 11 is 0. The number of piperidine rings is 1. The maximum atomic E-state index is 5.45. The highest BCUT2D eigenvalue weighted by molar-refractivity contribution is 5.54. The minimum atomic E-state index is 0.280. The maximum absolute atomic E-state index is 5.45. The highest BCUT2D eigenvalue weighted by Crippen LogP contribution is 2.22. The molecule has 0 unspecified atom stereocenters. The first-order valence-corrected chi connectivity index (χ1v) is 7.36. The minimum absolute atomic E-state index is 0.280. The monoisotopic (exact) mass is 304 g/mol. The number of anilines is 1. The van der Waals surface area contributed by atoms with E-state index in [-0.39, 0.29) is 6.10 Å². The molecule has 7 heteroatoms. The van der Waals surface area contributed by atoms with Gasteiger partial charge in [-0.2, -0.15) is 4.98 Å². The maximum Gasteiger partial charge on any atom is 0.259 e. The second-order valence-electron chi connectivity index (χ2n) is 5.30. The molecule has 1 saturated heterocycles. The normalized spacial score (nSPS) is 18.6. The van der Waals surface area contributed by atoms with Crippen LogP contribution in [0.3, 0.4) is 0 Å². The number of aromatic nitrogens is 3. The van der Waals surface area contributed by atoms with Gasteiger partial charge in [-0.25, -0.2) is 4.98 Å². The third kappa shape index (κ3) is 3.26. The molecule has 0 bridgehead atoms. The first-order chi connectivity index (χ1) is 10.8. The lowest BCUT2D eigenvalue weighted by molar-refractivity contribution is 0.0891. The van der Waals surface area contributed by atoms with Gasteiger partial charge >= 0.3 is 0 Å². The summed E-state index contributed by atoms with van der Waals surface area (Å²) in [4.78, 5) is 11.0. The molecule has 0 N–H and O–H groups in total. The summed E-state index contributed by atoms with van der Waals surface area (Å²) in [6.07, 6.45) is 4.26. The van der Waals surface area contributed by atoms with Crippen molar-refractivity contribution < 1.29 is 14.0 Å². The number of rotatable bonds is 5. The molecule has 3 rings (SSSR count). The van der Waals surface area contributed by atoms with Crippen LogP contribution in [0.5, 0.6) is 0 Å². The fourth-order valence-corrected chi connectivity index (χ4v) is 2.60. The summed E-state index contributed by atoms with van der Waals surface area (Å²) in [5, 5.41) is 3.85. The van der Waals surface area contributed by atoms with E-state index in [4.69, 9.17) is 14.0 Å². The molecule has 1 atom stereocenters. The largest absolute Gasteiger partial charge is 0.380 e. The molecule has 3 heterocycles. The summed E-state index contributed by atoms with van der Waals surface area (Å²) < 4.78 is 15.6. The second-order valence-corrected chi connectivity index (χ2v) is 5.30. The highest BCUT2D eigenvalue weighted by Gasteiger charge is 2.20. The van der Waals surface area contributed by atoms with Crippen molar-refractivity contribution in [1.29, 1.82) is 0 Å². The molecule has 0 saturated carbocycles. The number of hydrogen-bond donors (Lipinski definition) is 0. The van der Waals surface area contributed by atoms with Gasteiger partial charge in [0.1, 0.15) is 12.4 Å². The van der Waals surface area contributed by atoms with Crippen molar-refractivity contribution in [3.8, 4) is 11.5 Å². The molecule has 0 aromatic carbocycles. The van der Waals surface area contributed by atoms with Gasteiger partial charge in [0.05, 0.1) is 11.7 Å². The predicted molar refractivity (Wildman–Crippen MR) is 80.5 cm³/mol. The van der Waals surface area contributed by atoms with Crippen LogP contribution < -0.4 is 4.90 Å². The molecular weight excluding hydrogens is 284 g/mol. The third-order valence-corrected chi connectivity index (χ3v) is 3.77. The summed E-state index contributed by atoms with van der Waals surface area (Å²) in [5.41, 5.74) is 0.805. The van der Waals surface area contributed by atoms with Crippen LogP contribution in [0.1, 0.15) is 18.7 Å². The average molecular weight is 304 g/mol. The smallest absolute Gasteiger partial charge is 0.259 e. The van der Waals surface area contributed by atoms with E-state index in [9.17, 15) is 0 Å². The molecule has 2 aromatic rings. The van der Waals surface area contributed by atoms with Crippen LogP contribution in [0.4, 0.5) is 5.82 Å². The minimum Gasteiger partial charge on any atom is -0.380 e. The topological polar surface area (TPSA) is 73.5 Å². The van der Waals surface area contributed by atoms with Crippen LogP contribution in [-0.2, 0) is 16.1 Å². The summed E-state index contributed by atoms with van der Waals surface area (Å²) in [6, 6.07) is 3.93. The van der Waals surface area contributed by atoms with E-state index < -0.39 is 0 Å². The van der Waals surface area contributed by atoms with Gasteiger partial charge < -0.3 is 18.9 Å². The third-order valence-electron chi connectivity index (χ3n) is 3.77. The Morgan fingerprint density at radius 2 is 2.27 bits per heavy atom. The van der Waals surface area contributed by atoms with Crippen LogP contribution in [0.15, 0.2) is 22.9 Å². The molecule has 1 aliphatic heterocycles. The number of nitrogens with zero attached hydrogens (tertiary/aromatic N) is 4. The Bertz CT molecular complexity index is 599. The van der Waals surface area contributed by atoms with E-state index in [1.807, 2.05) is 12.1 Å². The van der Waals surface area contributed by atoms with Crippen LogP contribution in [-0.4, -0.2) is 48.5 Å². The molecule has 0 spiro atoms. The molecular formula is C15H20N4O3. The molecule has 1 fully saturated rings. The second kappa shape index (κ2) is 6.85. The quantitative estimate of drug-likeness (QED) is 0.835. The van der Waals surface area contributed by atoms with Crippen molar-refractivity contribution in [2.45, 2.75) is 25.6 Å². The molecule has 0 aliphatic carbocycles.